The molecule has 146 valence electrons. The van der Waals surface area contributed by atoms with Gasteiger partial charge < -0.3 is 9.47 Å². The molecule has 1 fully saturated rings. The van der Waals surface area contributed by atoms with Crippen LogP contribution in [0.4, 0.5) is 0 Å². The molecule has 4 heteroatoms. The van der Waals surface area contributed by atoms with Crippen molar-refractivity contribution in [2.45, 2.75) is 38.5 Å². The van der Waals surface area contributed by atoms with Crippen molar-refractivity contribution in [2.75, 3.05) is 6.79 Å². The maximum absolute atomic E-state index is 13.2. The molecule has 4 nitrogen and oxygen atoms in total. The standard InChI is InChI=1S/C25H23NO3/c1-16-5-3-4-6-20(16)18-11-17(2)21(26-14-18)13-24(27)25(9-10-25)19-7-8-22-23(12-19)29-15-28-22/h3-8,11-12,14H,9-10,13,15H2,1-2H3. The molecule has 0 amide bonds. The number of aryl methyl sites for hydroxylation is 2. The molecule has 0 spiro atoms. The van der Waals surface area contributed by atoms with Crippen LogP contribution in [0.5, 0.6) is 11.5 Å². The Morgan fingerprint density at radius 1 is 1.00 bits per heavy atom. The summed E-state index contributed by atoms with van der Waals surface area (Å²) >= 11 is 0. The number of nitrogens with zero attached hydrogens (tertiary/aromatic N) is 1. The first-order valence-corrected chi connectivity index (χ1v) is 10.0. The Hall–Kier alpha value is -3.14. The fourth-order valence-electron chi connectivity index (χ4n) is 4.20. The maximum atomic E-state index is 13.2. The van der Waals surface area contributed by atoms with E-state index >= 15 is 0 Å². The lowest BCUT2D eigenvalue weighted by Gasteiger charge is -2.16. The fourth-order valence-corrected chi connectivity index (χ4v) is 4.20. The highest BCUT2D eigenvalue weighted by Crippen LogP contribution is 2.51. The molecule has 0 bridgehead atoms. The Morgan fingerprint density at radius 2 is 1.79 bits per heavy atom. The van der Waals surface area contributed by atoms with Crippen molar-refractivity contribution in [3.8, 4) is 22.6 Å². The predicted molar refractivity (Wildman–Crippen MR) is 111 cm³/mol. The van der Waals surface area contributed by atoms with Gasteiger partial charge >= 0.3 is 0 Å². The normalized spacial score (nSPS) is 15.9. The second kappa shape index (κ2) is 6.73. The lowest BCUT2D eigenvalue weighted by atomic mass is 9.88. The van der Waals surface area contributed by atoms with E-state index in [9.17, 15) is 4.79 Å². The van der Waals surface area contributed by atoms with E-state index < -0.39 is 5.41 Å². The first kappa shape index (κ1) is 17.9. The first-order valence-electron chi connectivity index (χ1n) is 10.0. The van der Waals surface area contributed by atoms with E-state index in [1.54, 1.807) is 0 Å². The van der Waals surface area contributed by atoms with E-state index in [2.05, 4.69) is 30.1 Å². The highest BCUT2D eigenvalue weighted by atomic mass is 16.7. The molecular weight excluding hydrogens is 362 g/mol. The van der Waals surface area contributed by atoms with E-state index in [0.29, 0.717) is 6.42 Å². The molecule has 0 atom stereocenters. The summed E-state index contributed by atoms with van der Waals surface area (Å²) in [5.41, 5.74) is 6.04. The van der Waals surface area contributed by atoms with Gasteiger partial charge in [0.2, 0.25) is 6.79 Å². The number of benzene rings is 2. The molecule has 3 aromatic rings. The van der Waals surface area contributed by atoms with Gasteiger partial charge in [-0.1, -0.05) is 30.3 Å². The van der Waals surface area contributed by atoms with Crippen LogP contribution in [0.3, 0.4) is 0 Å². The number of hydrogen-bond acceptors (Lipinski definition) is 4. The van der Waals surface area contributed by atoms with Gasteiger partial charge in [-0.2, -0.15) is 0 Å². The van der Waals surface area contributed by atoms with Crippen LogP contribution in [0.25, 0.3) is 11.1 Å². The highest BCUT2D eigenvalue weighted by molar-refractivity contribution is 5.94. The van der Waals surface area contributed by atoms with Gasteiger partial charge in [0.05, 0.1) is 11.1 Å². The topological polar surface area (TPSA) is 48.4 Å². The van der Waals surface area contributed by atoms with Crippen molar-refractivity contribution >= 4 is 5.78 Å². The third kappa shape index (κ3) is 3.09. The molecule has 2 heterocycles. The minimum absolute atomic E-state index is 0.232. The van der Waals surface area contributed by atoms with Crippen molar-refractivity contribution in [3.05, 3.63) is 77.1 Å². The Bertz CT molecular complexity index is 1110. The number of carbonyl (C=O) groups is 1. The third-order valence-corrected chi connectivity index (χ3v) is 6.18. The molecule has 1 aliphatic carbocycles. The van der Waals surface area contributed by atoms with Gasteiger partial charge in [-0.15, -0.1) is 0 Å². The monoisotopic (exact) mass is 385 g/mol. The number of pyridine rings is 1. The van der Waals surface area contributed by atoms with Crippen LogP contribution < -0.4 is 9.47 Å². The number of rotatable bonds is 5. The Morgan fingerprint density at radius 3 is 2.55 bits per heavy atom. The average Bonchev–Trinajstić information content (AvgIpc) is 3.41. The van der Waals surface area contributed by atoms with Gasteiger partial charge in [0.15, 0.2) is 11.5 Å². The molecule has 2 aliphatic rings. The summed E-state index contributed by atoms with van der Waals surface area (Å²) in [6.07, 6.45) is 4.00. The van der Waals surface area contributed by atoms with Crippen molar-refractivity contribution < 1.29 is 14.3 Å². The molecule has 0 saturated heterocycles. The number of fused-ring (bicyclic) bond motifs is 1. The van der Waals surface area contributed by atoms with Crippen LogP contribution in [0.2, 0.25) is 0 Å². The molecule has 29 heavy (non-hydrogen) atoms. The molecule has 1 saturated carbocycles. The summed E-state index contributed by atoms with van der Waals surface area (Å²) in [7, 11) is 0. The van der Waals surface area contributed by atoms with Crippen LogP contribution in [0.1, 0.15) is 35.2 Å². The zero-order valence-electron chi connectivity index (χ0n) is 16.7. The van der Waals surface area contributed by atoms with Gasteiger partial charge in [0, 0.05) is 18.2 Å². The Kier molecular flexibility index (Phi) is 4.16. The minimum Gasteiger partial charge on any atom is -0.454 e. The summed E-state index contributed by atoms with van der Waals surface area (Å²) in [5.74, 6) is 1.72. The second-order valence-electron chi connectivity index (χ2n) is 8.05. The summed E-state index contributed by atoms with van der Waals surface area (Å²) < 4.78 is 10.9. The van der Waals surface area contributed by atoms with Gasteiger partial charge in [0.1, 0.15) is 5.78 Å². The highest BCUT2D eigenvalue weighted by Gasteiger charge is 2.51. The zero-order chi connectivity index (χ0) is 20.0. The lowest BCUT2D eigenvalue weighted by molar-refractivity contribution is -0.120. The molecule has 2 aromatic carbocycles. The average molecular weight is 385 g/mol. The number of carbonyl (C=O) groups excluding carboxylic acids is 1. The van der Waals surface area contributed by atoms with E-state index in [0.717, 1.165) is 46.7 Å². The van der Waals surface area contributed by atoms with Crippen LogP contribution in [-0.2, 0) is 16.6 Å². The fraction of sp³-hybridized carbons (Fsp3) is 0.280. The van der Waals surface area contributed by atoms with E-state index in [1.165, 1.54) is 11.1 Å². The molecule has 0 radical (unpaired) electrons. The van der Waals surface area contributed by atoms with Gasteiger partial charge in [-0.05, 0) is 67.1 Å². The van der Waals surface area contributed by atoms with E-state index in [-0.39, 0.29) is 12.6 Å². The number of Topliss-reactive ketones (excluding diaryl/α,β-unsaturated/α-hetero) is 1. The number of aromatic nitrogens is 1. The number of hydrogen-bond donors (Lipinski definition) is 0. The van der Waals surface area contributed by atoms with Crippen LogP contribution in [0, 0.1) is 13.8 Å². The molecule has 0 N–H and O–H groups in total. The zero-order valence-corrected chi connectivity index (χ0v) is 16.7. The summed E-state index contributed by atoms with van der Waals surface area (Å²) in [6.45, 7) is 4.39. The quantitative estimate of drug-likeness (QED) is 0.624. The van der Waals surface area contributed by atoms with Crippen molar-refractivity contribution in [1.82, 2.24) is 4.98 Å². The lowest BCUT2D eigenvalue weighted by Crippen LogP contribution is -2.23. The molecule has 1 aliphatic heterocycles. The third-order valence-electron chi connectivity index (χ3n) is 6.18. The van der Waals surface area contributed by atoms with Gasteiger partial charge in [-0.25, -0.2) is 0 Å². The van der Waals surface area contributed by atoms with Crippen molar-refractivity contribution in [2.24, 2.45) is 0 Å². The van der Waals surface area contributed by atoms with E-state index in [1.807, 2.05) is 43.5 Å². The van der Waals surface area contributed by atoms with Crippen LogP contribution >= 0.6 is 0 Å². The number of ether oxygens (including phenoxy) is 2. The second-order valence-corrected chi connectivity index (χ2v) is 8.05. The molecule has 5 rings (SSSR count). The summed E-state index contributed by atoms with van der Waals surface area (Å²) in [6, 6.07) is 16.3. The molecule has 0 unspecified atom stereocenters. The first-order chi connectivity index (χ1) is 14.1. The maximum Gasteiger partial charge on any atom is 0.231 e. The van der Waals surface area contributed by atoms with Crippen LogP contribution in [-0.4, -0.2) is 17.6 Å². The Labute approximate surface area is 170 Å². The largest absolute Gasteiger partial charge is 0.454 e. The smallest absolute Gasteiger partial charge is 0.231 e. The van der Waals surface area contributed by atoms with Crippen molar-refractivity contribution in [3.63, 3.8) is 0 Å². The SMILES string of the molecule is Cc1ccccc1-c1cnc(CC(=O)C2(c3ccc4c(c3)OCO4)CC2)c(C)c1. The molecular formula is C25H23NO3. The summed E-state index contributed by atoms with van der Waals surface area (Å²) in [5, 5.41) is 0. The predicted octanol–water partition coefficient (Wildman–Crippen LogP) is 4.94. The van der Waals surface area contributed by atoms with Gasteiger partial charge in [0.25, 0.3) is 0 Å². The van der Waals surface area contributed by atoms with Crippen LogP contribution in [0.15, 0.2) is 54.7 Å². The number of ketones is 1. The molecule has 1 aromatic heterocycles. The van der Waals surface area contributed by atoms with Crippen molar-refractivity contribution in [1.29, 1.82) is 0 Å². The van der Waals surface area contributed by atoms with E-state index in [4.69, 9.17) is 9.47 Å². The minimum atomic E-state index is -0.399. The summed E-state index contributed by atoms with van der Waals surface area (Å²) in [4.78, 5) is 17.9. The van der Waals surface area contributed by atoms with Gasteiger partial charge in [-0.3, -0.25) is 9.78 Å². The Balaban J connectivity index is 1.39.